The van der Waals surface area contributed by atoms with Crippen molar-refractivity contribution in [3.63, 3.8) is 0 Å². The Kier molecular flexibility index (Phi) is 5.25. The van der Waals surface area contributed by atoms with E-state index in [9.17, 15) is 9.18 Å². The van der Waals surface area contributed by atoms with Crippen LogP contribution in [0.4, 0.5) is 4.39 Å². The average Bonchev–Trinajstić information content (AvgIpc) is 3.08. The van der Waals surface area contributed by atoms with E-state index in [0.29, 0.717) is 23.3 Å². The topological polar surface area (TPSA) is 50.2 Å². The summed E-state index contributed by atoms with van der Waals surface area (Å²) in [5, 5.41) is 7.55. The van der Waals surface area contributed by atoms with Crippen LogP contribution in [0.2, 0.25) is 0 Å². The maximum atomic E-state index is 13.1. The SMILES string of the molecule is Cn1nc(-c2ccc(F)cc2)cc1C(=O)NC[C@@H]1CCCN2CCCC[C@H]12. The van der Waals surface area contributed by atoms with E-state index in [1.54, 1.807) is 29.9 Å². The standard InChI is InChI=1S/C21H27FN4O/c1-25-20(13-18(24-25)15-7-9-17(22)10-8-15)21(27)23-14-16-5-4-12-26-11-3-2-6-19(16)26/h7-10,13,16,19H,2-6,11-12,14H2,1H3,(H,23,27)/t16-,19+/m0/s1. The lowest BCUT2D eigenvalue weighted by molar-refractivity contribution is 0.0574. The van der Waals surface area contributed by atoms with Crippen LogP contribution in [0.1, 0.15) is 42.6 Å². The van der Waals surface area contributed by atoms with Crippen molar-refractivity contribution in [3.05, 3.63) is 41.8 Å². The zero-order valence-electron chi connectivity index (χ0n) is 15.8. The first-order chi connectivity index (χ1) is 13.1. The molecule has 2 fully saturated rings. The van der Waals surface area contributed by atoms with Gasteiger partial charge in [0.2, 0.25) is 0 Å². The van der Waals surface area contributed by atoms with Crippen LogP contribution >= 0.6 is 0 Å². The van der Waals surface area contributed by atoms with Gasteiger partial charge in [-0.1, -0.05) is 6.42 Å². The number of nitrogens with one attached hydrogen (secondary N) is 1. The molecule has 27 heavy (non-hydrogen) atoms. The van der Waals surface area contributed by atoms with E-state index in [4.69, 9.17) is 0 Å². The highest BCUT2D eigenvalue weighted by atomic mass is 19.1. The molecule has 2 aromatic rings. The molecule has 2 aliphatic rings. The minimum atomic E-state index is -0.281. The highest BCUT2D eigenvalue weighted by molar-refractivity contribution is 5.93. The van der Waals surface area contributed by atoms with Gasteiger partial charge in [-0.25, -0.2) is 4.39 Å². The molecule has 1 aromatic heterocycles. The summed E-state index contributed by atoms with van der Waals surface area (Å²) in [4.78, 5) is 15.3. The summed E-state index contributed by atoms with van der Waals surface area (Å²) < 4.78 is 14.7. The number of carbonyl (C=O) groups excluding carboxylic acids is 1. The van der Waals surface area contributed by atoms with Crippen LogP contribution < -0.4 is 5.32 Å². The van der Waals surface area contributed by atoms with Crippen molar-refractivity contribution in [1.29, 1.82) is 0 Å². The van der Waals surface area contributed by atoms with Gasteiger partial charge in [-0.3, -0.25) is 9.48 Å². The minimum absolute atomic E-state index is 0.0914. The van der Waals surface area contributed by atoms with Gasteiger partial charge in [0, 0.05) is 25.2 Å². The summed E-state index contributed by atoms with van der Waals surface area (Å²) >= 11 is 0. The summed E-state index contributed by atoms with van der Waals surface area (Å²) in [5.41, 5.74) is 2.01. The van der Waals surface area contributed by atoms with Gasteiger partial charge in [0.1, 0.15) is 11.5 Å². The average molecular weight is 370 g/mol. The summed E-state index contributed by atoms with van der Waals surface area (Å²) in [6.45, 7) is 3.13. The Hall–Kier alpha value is -2.21. The van der Waals surface area contributed by atoms with Crippen molar-refractivity contribution >= 4 is 5.91 Å². The molecule has 0 saturated carbocycles. The highest BCUT2D eigenvalue weighted by Crippen LogP contribution is 2.30. The van der Waals surface area contributed by atoms with Gasteiger partial charge in [0.05, 0.1) is 5.69 Å². The van der Waals surface area contributed by atoms with Crippen LogP contribution in [0.25, 0.3) is 11.3 Å². The molecular weight excluding hydrogens is 343 g/mol. The number of fused-ring (bicyclic) bond motifs is 1. The van der Waals surface area contributed by atoms with E-state index >= 15 is 0 Å². The molecular formula is C21H27FN4O. The molecule has 0 spiro atoms. The molecule has 0 bridgehead atoms. The number of rotatable bonds is 4. The van der Waals surface area contributed by atoms with Gasteiger partial charge in [0.25, 0.3) is 5.91 Å². The van der Waals surface area contributed by atoms with Gasteiger partial charge in [-0.05, 0) is 75.0 Å². The number of carbonyl (C=O) groups is 1. The monoisotopic (exact) mass is 370 g/mol. The van der Waals surface area contributed by atoms with E-state index in [1.165, 1.54) is 57.3 Å². The number of nitrogens with zero attached hydrogens (tertiary/aromatic N) is 3. The Morgan fingerprint density at radius 3 is 2.78 bits per heavy atom. The number of aryl methyl sites for hydroxylation is 1. The summed E-state index contributed by atoms with van der Waals surface area (Å²) in [6, 6.07) is 8.56. The van der Waals surface area contributed by atoms with Crippen LogP contribution in [-0.2, 0) is 7.05 Å². The first-order valence-electron chi connectivity index (χ1n) is 9.94. The first kappa shape index (κ1) is 18.2. The smallest absolute Gasteiger partial charge is 0.269 e. The van der Waals surface area contributed by atoms with Gasteiger partial charge < -0.3 is 10.2 Å². The van der Waals surface area contributed by atoms with E-state index < -0.39 is 0 Å². The fourth-order valence-corrected chi connectivity index (χ4v) is 4.57. The molecule has 144 valence electrons. The molecule has 2 aliphatic heterocycles. The second kappa shape index (κ2) is 7.80. The van der Waals surface area contributed by atoms with Crippen molar-refractivity contribution in [1.82, 2.24) is 20.0 Å². The van der Waals surface area contributed by atoms with Gasteiger partial charge in [0.15, 0.2) is 0 Å². The van der Waals surface area contributed by atoms with Crippen LogP contribution in [-0.4, -0.2) is 46.3 Å². The second-order valence-corrected chi connectivity index (χ2v) is 7.76. The van der Waals surface area contributed by atoms with Gasteiger partial charge in [-0.15, -0.1) is 0 Å². The first-order valence-corrected chi connectivity index (χ1v) is 9.94. The normalized spacial score (nSPS) is 23.0. The van der Waals surface area contributed by atoms with Crippen molar-refractivity contribution in [2.75, 3.05) is 19.6 Å². The fourth-order valence-electron chi connectivity index (χ4n) is 4.57. The molecule has 5 nitrogen and oxygen atoms in total. The maximum Gasteiger partial charge on any atom is 0.269 e. The van der Waals surface area contributed by atoms with Gasteiger partial charge in [-0.2, -0.15) is 5.10 Å². The summed E-state index contributed by atoms with van der Waals surface area (Å²) in [6.07, 6.45) is 6.26. The largest absolute Gasteiger partial charge is 0.350 e. The number of aromatic nitrogens is 2. The zero-order chi connectivity index (χ0) is 18.8. The molecule has 0 aliphatic carbocycles. The van der Waals surface area contributed by atoms with Crippen LogP contribution in [0.5, 0.6) is 0 Å². The molecule has 4 rings (SSSR count). The lowest BCUT2D eigenvalue weighted by Gasteiger charge is -2.44. The van der Waals surface area contributed by atoms with E-state index in [-0.39, 0.29) is 11.7 Å². The molecule has 0 radical (unpaired) electrons. The number of benzene rings is 1. The molecule has 0 unspecified atom stereocenters. The van der Waals surface area contributed by atoms with E-state index in [1.807, 2.05) is 0 Å². The highest BCUT2D eigenvalue weighted by Gasteiger charge is 2.33. The molecule has 1 amide bonds. The zero-order valence-corrected chi connectivity index (χ0v) is 15.8. The van der Waals surface area contributed by atoms with Crippen molar-refractivity contribution in [2.24, 2.45) is 13.0 Å². The van der Waals surface area contributed by atoms with Crippen molar-refractivity contribution < 1.29 is 9.18 Å². The van der Waals surface area contributed by atoms with Gasteiger partial charge >= 0.3 is 0 Å². The van der Waals surface area contributed by atoms with Crippen LogP contribution in [0.3, 0.4) is 0 Å². The maximum absolute atomic E-state index is 13.1. The predicted molar refractivity (Wildman–Crippen MR) is 103 cm³/mol. The molecule has 2 atom stereocenters. The third kappa shape index (κ3) is 3.90. The van der Waals surface area contributed by atoms with Crippen molar-refractivity contribution in [2.45, 2.75) is 38.1 Å². The molecule has 3 heterocycles. The number of amides is 1. The minimum Gasteiger partial charge on any atom is -0.350 e. The lowest BCUT2D eigenvalue weighted by Crippen LogP contribution is -2.51. The second-order valence-electron chi connectivity index (χ2n) is 7.76. The Balaban J connectivity index is 1.42. The number of halogens is 1. The third-order valence-electron chi connectivity index (χ3n) is 6.01. The molecule has 6 heteroatoms. The number of hydrogen-bond acceptors (Lipinski definition) is 3. The van der Waals surface area contributed by atoms with E-state index in [2.05, 4.69) is 15.3 Å². The lowest BCUT2D eigenvalue weighted by atomic mass is 9.83. The summed E-state index contributed by atoms with van der Waals surface area (Å²) in [7, 11) is 1.77. The third-order valence-corrected chi connectivity index (χ3v) is 6.01. The number of hydrogen-bond donors (Lipinski definition) is 1. The fraction of sp³-hybridized carbons (Fsp3) is 0.524. The van der Waals surface area contributed by atoms with Crippen LogP contribution in [0, 0.1) is 11.7 Å². The quantitative estimate of drug-likeness (QED) is 0.899. The van der Waals surface area contributed by atoms with Crippen molar-refractivity contribution in [3.8, 4) is 11.3 Å². The molecule has 1 aromatic carbocycles. The Morgan fingerprint density at radius 2 is 1.96 bits per heavy atom. The Bertz CT molecular complexity index is 799. The summed E-state index contributed by atoms with van der Waals surface area (Å²) in [5.74, 6) is 0.163. The van der Waals surface area contributed by atoms with E-state index in [0.717, 1.165) is 12.1 Å². The number of piperidine rings is 2. The van der Waals surface area contributed by atoms with Crippen LogP contribution in [0.15, 0.2) is 30.3 Å². The Morgan fingerprint density at radius 1 is 1.19 bits per heavy atom. The predicted octanol–water partition coefficient (Wildman–Crippen LogP) is 3.22. The molecule has 1 N–H and O–H groups in total. The Labute approximate surface area is 159 Å². The molecule has 2 saturated heterocycles.